The minimum atomic E-state index is -0.915. The standard InChI is InChI=1S/C15H23NO4S/c1-6-11(17)7-12(18)10(4)13-16-15(5,8-21-13)14(19)20-9(2)3/h6-7,9-10,17-18H,8H2,1-5H3/b11-6+,12-7+/t10?,15-/m1/s1. The molecule has 0 saturated carbocycles. The van der Waals surface area contributed by atoms with Crippen LogP contribution in [0.3, 0.4) is 0 Å². The number of rotatable bonds is 5. The van der Waals surface area contributed by atoms with Crippen LogP contribution in [-0.4, -0.2) is 38.6 Å². The summed E-state index contributed by atoms with van der Waals surface area (Å²) in [5, 5.41) is 20.1. The number of allylic oxidation sites excluding steroid dienone is 3. The van der Waals surface area contributed by atoms with Crippen LogP contribution in [-0.2, 0) is 9.53 Å². The highest BCUT2D eigenvalue weighted by Crippen LogP contribution is 2.34. The number of hydrogen-bond donors (Lipinski definition) is 2. The molecule has 2 atom stereocenters. The monoisotopic (exact) mass is 313 g/mol. The first-order valence-electron chi connectivity index (χ1n) is 6.89. The topological polar surface area (TPSA) is 79.1 Å². The van der Waals surface area contributed by atoms with Crippen LogP contribution in [0, 0.1) is 5.92 Å². The quantitative estimate of drug-likeness (QED) is 0.462. The highest BCUT2D eigenvalue weighted by Gasteiger charge is 2.41. The molecule has 0 aromatic rings. The van der Waals surface area contributed by atoms with E-state index in [4.69, 9.17) is 4.74 Å². The van der Waals surface area contributed by atoms with Crippen molar-refractivity contribution in [3.63, 3.8) is 0 Å². The summed E-state index contributed by atoms with van der Waals surface area (Å²) in [6.45, 7) is 8.77. The fraction of sp³-hybridized carbons (Fsp3) is 0.600. The SMILES string of the molecule is C/C=C(O)\C=C(\O)C(C)C1=N[C@@](C)(C(=O)OC(C)C)CS1. The Morgan fingerprint density at radius 3 is 2.57 bits per heavy atom. The van der Waals surface area contributed by atoms with Gasteiger partial charge >= 0.3 is 5.97 Å². The Morgan fingerprint density at radius 1 is 1.43 bits per heavy atom. The first-order valence-corrected chi connectivity index (χ1v) is 7.87. The lowest BCUT2D eigenvalue weighted by molar-refractivity contribution is -0.152. The molecule has 6 heteroatoms. The number of nitrogens with zero attached hydrogens (tertiary/aromatic N) is 1. The van der Waals surface area contributed by atoms with Crippen LogP contribution in [0.5, 0.6) is 0 Å². The molecule has 0 saturated heterocycles. The molecule has 0 aromatic carbocycles. The number of ether oxygens (including phenoxy) is 1. The van der Waals surface area contributed by atoms with Gasteiger partial charge in [-0.25, -0.2) is 4.79 Å². The van der Waals surface area contributed by atoms with Gasteiger partial charge in [0.2, 0.25) is 0 Å². The van der Waals surface area contributed by atoms with Crippen molar-refractivity contribution < 1.29 is 19.7 Å². The van der Waals surface area contributed by atoms with Gasteiger partial charge in [0, 0.05) is 11.8 Å². The lowest BCUT2D eigenvalue weighted by atomic mass is 10.1. The first-order chi connectivity index (χ1) is 9.69. The molecule has 1 aliphatic rings. The van der Waals surface area contributed by atoms with Crippen molar-refractivity contribution in [1.82, 2.24) is 0 Å². The van der Waals surface area contributed by atoms with Gasteiger partial charge in [0.05, 0.1) is 17.1 Å². The molecule has 0 spiro atoms. The number of esters is 1. The molecular formula is C15H23NO4S. The molecule has 1 heterocycles. The van der Waals surface area contributed by atoms with Gasteiger partial charge in [0.15, 0.2) is 5.54 Å². The van der Waals surface area contributed by atoms with E-state index >= 15 is 0 Å². The second kappa shape index (κ2) is 7.02. The van der Waals surface area contributed by atoms with Crippen LogP contribution in [0.1, 0.15) is 34.6 Å². The van der Waals surface area contributed by atoms with Crippen LogP contribution < -0.4 is 0 Å². The molecule has 0 aliphatic carbocycles. The van der Waals surface area contributed by atoms with Crippen LogP contribution in [0.15, 0.2) is 28.7 Å². The summed E-state index contributed by atoms with van der Waals surface area (Å²) in [4.78, 5) is 16.5. The maximum absolute atomic E-state index is 12.1. The van der Waals surface area contributed by atoms with Gasteiger partial charge in [0.25, 0.3) is 0 Å². The average Bonchev–Trinajstić information content (AvgIpc) is 2.80. The minimum Gasteiger partial charge on any atom is -0.511 e. The van der Waals surface area contributed by atoms with Crippen molar-refractivity contribution in [2.45, 2.75) is 46.3 Å². The highest BCUT2D eigenvalue weighted by atomic mass is 32.2. The zero-order chi connectivity index (χ0) is 16.2. The zero-order valence-electron chi connectivity index (χ0n) is 13.1. The van der Waals surface area contributed by atoms with Gasteiger partial charge in [0.1, 0.15) is 11.5 Å². The van der Waals surface area contributed by atoms with Crippen molar-refractivity contribution in [3.8, 4) is 0 Å². The molecule has 21 heavy (non-hydrogen) atoms. The number of aliphatic imine (C=N–C) groups is 1. The molecule has 0 fully saturated rings. The Balaban J connectivity index is 2.89. The van der Waals surface area contributed by atoms with Crippen LogP contribution in [0.25, 0.3) is 0 Å². The highest BCUT2D eigenvalue weighted by molar-refractivity contribution is 8.14. The molecule has 5 nitrogen and oxygen atoms in total. The fourth-order valence-corrected chi connectivity index (χ4v) is 2.92. The van der Waals surface area contributed by atoms with Crippen molar-refractivity contribution >= 4 is 22.8 Å². The van der Waals surface area contributed by atoms with Gasteiger partial charge in [-0.15, -0.1) is 11.8 Å². The van der Waals surface area contributed by atoms with E-state index in [-0.39, 0.29) is 29.5 Å². The summed E-state index contributed by atoms with van der Waals surface area (Å²) >= 11 is 1.42. The van der Waals surface area contributed by atoms with Gasteiger partial charge in [-0.1, -0.05) is 0 Å². The smallest absolute Gasteiger partial charge is 0.334 e. The van der Waals surface area contributed by atoms with Gasteiger partial charge in [-0.05, 0) is 40.7 Å². The number of carbonyl (C=O) groups excluding carboxylic acids is 1. The van der Waals surface area contributed by atoms with Crippen LogP contribution >= 0.6 is 11.8 Å². The van der Waals surface area contributed by atoms with E-state index in [1.807, 2.05) is 0 Å². The van der Waals surface area contributed by atoms with Crippen molar-refractivity contribution in [3.05, 3.63) is 23.7 Å². The third-order valence-electron chi connectivity index (χ3n) is 3.05. The third-order valence-corrected chi connectivity index (χ3v) is 4.49. The Labute approximate surface area is 129 Å². The second-order valence-corrected chi connectivity index (χ2v) is 6.47. The zero-order valence-corrected chi connectivity index (χ0v) is 13.9. The molecule has 0 aromatic heterocycles. The fourth-order valence-electron chi connectivity index (χ4n) is 1.68. The molecule has 0 radical (unpaired) electrons. The molecular weight excluding hydrogens is 290 g/mol. The maximum atomic E-state index is 12.1. The van der Waals surface area contributed by atoms with Crippen molar-refractivity contribution in [2.24, 2.45) is 10.9 Å². The molecule has 118 valence electrons. The lowest BCUT2D eigenvalue weighted by Gasteiger charge is -2.19. The Kier molecular flexibility index (Phi) is 5.89. The number of hydrogen-bond acceptors (Lipinski definition) is 6. The normalized spacial score (nSPS) is 25.0. The summed E-state index contributed by atoms with van der Waals surface area (Å²) < 4.78 is 5.22. The van der Waals surface area contributed by atoms with E-state index in [0.29, 0.717) is 10.8 Å². The minimum absolute atomic E-state index is 0.00933. The van der Waals surface area contributed by atoms with E-state index < -0.39 is 5.54 Å². The summed E-state index contributed by atoms with van der Waals surface area (Å²) in [6, 6.07) is 0. The average molecular weight is 313 g/mol. The number of aliphatic hydroxyl groups excluding tert-OH is 2. The largest absolute Gasteiger partial charge is 0.511 e. The molecule has 0 amide bonds. The van der Waals surface area contributed by atoms with E-state index in [2.05, 4.69) is 4.99 Å². The Morgan fingerprint density at radius 2 is 2.05 bits per heavy atom. The number of carbonyl (C=O) groups is 1. The summed E-state index contributed by atoms with van der Waals surface area (Å²) in [5.41, 5.74) is -0.915. The molecule has 1 aliphatic heterocycles. The third kappa shape index (κ3) is 4.52. The first kappa shape index (κ1) is 17.6. The maximum Gasteiger partial charge on any atom is 0.334 e. The van der Waals surface area contributed by atoms with E-state index in [1.54, 1.807) is 34.6 Å². The number of aliphatic hydroxyl groups is 2. The predicted octanol–water partition coefficient (Wildman–Crippen LogP) is 3.38. The molecule has 1 unspecified atom stereocenters. The predicted molar refractivity (Wildman–Crippen MR) is 85.8 cm³/mol. The summed E-state index contributed by atoms with van der Waals surface area (Å²) in [7, 11) is 0. The summed E-state index contributed by atoms with van der Waals surface area (Å²) in [5.74, 6) is -0.234. The van der Waals surface area contributed by atoms with Gasteiger partial charge < -0.3 is 14.9 Å². The van der Waals surface area contributed by atoms with E-state index in [9.17, 15) is 15.0 Å². The van der Waals surface area contributed by atoms with Crippen LogP contribution in [0.2, 0.25) is 0 Å². The Bertz CT molecular complexity index is 496. The van der Waals surface area contributed by atoms with E-state index in [1.165, 1.54) is 23.9 Å². The van der Waals surface area contributed by atoms with Crippen molar-refractivity contribution in [1.29, 1.82) is 0 Å². The molecule has 2 N–H and O–H groups in total. The number of thioether (sulfide) groups is 1. The Hall–Kier alpha value is -1.43. The molecule has 0 bridgehead atoms. The van der Waals surface area contributed by atoms with Gasteiger partial charge in [-0.2, -0.15) is 0 Å². The summed E-state index contributed by atoms with van der Waals surface area (Å²) in [6.07, 6.45) is 2.59. The van der Waals surface area contributed by atoms with E-state index in [0.717, 1.165) is 0 Å². The van der Waals surface area contributed by atoms with Crippen LogP contribution in [0.4, 0.5) is 0 Å². The van der Waals surface area contributed by atoms with Crippen molar-refractivity contribution in [2.75, 3.05) is 5.75 Å². The lowest BCUT2D eigenvalue weighted by Crippen LogP contribution is -2.37. The second-order valence-electron chi connectivity index (χ2n) is 5.47. The molecule has 1 rings (SSSR count). The van der Waals surface area contributed by atoms with Gasteiger partial charge in [-0.3, -0.25) is 4.99 Å².